The fourth-order valence-electron chi connectivity index (χ4n) is 3.08. The van der Waals surface area contributed by atoms with E-state index in [4.69, 9.17) is 4.74 Å². The largest absolute Gasteiger partial charge is 0.457 e. The number of piperazine rings is 1. The first-order chi connectivity index (χ1) is 13.7. The minimum atomic E-state index is -0.302. The molecular weight excluding hydrogens is 357 g/mol. The molecular formula is C22H20FN3O2. The summed E-state index contributed by atoms with van der Waals surface area (Å²) in [5.74, 6) is 0.864. The quantitative estimate of drug-likeness (QED) is 0.753. The summed E-state index contributed by atoms with van der Waals surface area (Å²) in [6, 6.07) is 18.8. The van der Waals surface area contributed by atoms with Crippen LogP contribution in [0.4, 0.5) is 4.39 Å². The maximum atomic E-state index is 13.0. The number of halogens is 1. The van der Waals surface area contributed by atoms with Crippen LogP contribution in [-0.4, -0.2) is 42.0 Å². The second-order valence-electron chi connectivity index (χ2n) is 6.53. The Morgan fingerprint density at radius 1 is 0.929 bits per heavy atom. The van der Waals surface area contributed by atoms with Gasteiger partial charge in [-0.25, -0.2) is 9.37 Å². The third-order valence-corrected chi connectivity index (χ3v) is 4.57. The summed E-state index contributed by atoms with van der Waals surface area (Å²) in [5, 5.41) is 3.24. The van der Waals surface area contributed by atoms with Gasteiger partial charge in [-0.15, -0.1) is 0 Å². The third-order valence-electron chi connectivity index (χ3n) is 4.57. The number of ether oxygens (including phenoxy) is 1. The second kappa shape index (κ2) is 8.19. The zero-order valence-corrected chi connectivity index (χ0v) is 15.3. The number of hydrogen-bond acceptors (Lipinski definition) is 4. The van der Waals surface area contributed by atoms with Gasteiger partial charge in [0.1, 0.15) is 23.0 Å². The van der Waals surface area contributed by atoms with E-state index in [-0.39, 0.29) is 11.7 Å². The molecule has 28 heavy (non-hydrogen) atoms. The molecule has 6 heteroatoms. The molecule has 0 atom stereocenters. The van der Waals surface area contributed by atoms with E-state index in [1.807, 2.05) is 41.3 Å². The number of aromatic nitrogens is 1. The van der Waals surface area contributed by atoms with Gasteiger partial charge in [-0.1, -0.05) is 6.07 Å². The van der Waals surface area contributed by atoms with E-state index in [1.54, 1.807) is 18.2 Å². The SMILES string of the molecule is O=C(c1cccc(-c2ccc(Oc3ccc(F)cc3)cc2)n1)N1CCNCC1. The predicted octanol–water partition coefficient (Wildman–Crippen LogP) is 3.73. The first-order valence-corrected chi connectivity index (χ1v) is 9.20. The van der Waals surface area contributed by atoms with Crippen LogP contribution in [0.2, 0.25) is 0 Å². The molecule has 2 heterocycles. The molecule has 1 fully saturated rings. The molecule has 1 N–H and O–H groups in total. The van der Waals surface area contributed by atoms with Crippen molar-refractivity contribution in [3.05, 3.63) is 78.2 Å². The number of benzene rings is 2. The lowest BCUT2D eigenvalue weighted by Gasteiger charge is -2.27. The molecule has 0 saturated carbocycles. The predicted molar refractivity (Wildman–Crippen MR) is 105 cm³/mol. The topological polar surface area (TPSA) is 54.5 Å². The van der Waals surface area contributed by atoms with Gasteiger partial charge in [0.2, 0.25) is 0 Å². The monoisotopic (exact) mass is 377 g/mol. The maximum absolute atomic E-state index is 13.0. The lowest BCUT2D eigenvalue weighted by molar-refractivity contribution is 0.0730. The number of carbonyl (C=O) groups excluding carboxylic acids is 1. The summed E-state index contributed by atoms with van der Waals surface area (Å²) in [6.07, 6.45) is 0. The van der Waals surface area contributed by atoms with Crippen molar-refractivity contribution >= 4 is 5.91 Å². The van der Waals surface area contributed by atoms with Gasteiger partial charge < -0.3 is 15.0 Å². The Bertz CT molecular complexity index is 952. The Hall–Kier alpha value is -3.25. The number of rotatable bonds is 4. The normalized spacial score (nSPS) is 14.0. The van der Waals surface area contributed by atoms with Crippen LogP contribution in [0.3, 0.4) is 0 Å². The second-order valence-corrected chi connectivity index (χ2v) is 6.53. The van der Waals surface area contributed by atoms with E-state index in [2.05, 4.69) is 10.3 Å². The van der Waals surface area contributed by atoms with Gasteiger partial charge in [0.05, 0.1) is 5.69 Å². The molecule has 142 valence electrons. The molecule has 5 nitrogen and oxygen atoms in total. The van der Waals surface area contributed by atoms with Crippen molar-refractivity contribution in [3.63, 3.8) is 0 Å². The van der Waals surface area contributed by atoms with Crippen LogP contribution in [0.15, 0.2) is 66.7 Å². The Labute approximate surface area is 162 Å². The van der Waals surface area contributed by atoms with Crippen molar-refractivity contribution < 1.29 is 13.9 Å². The molecule has 0 radical (unpaired) electrons. The molecule has 0 aliphatic carbocycles. The fourth-order valence-corrected chi connectivity index (χ4v) is 3.08. The lowest BCUT2D eigenvalue weighted by Crippen LogP contribution is -2.46. The van der Waals surface area contributed by atoms with Crippen molar-refractivity contribution in [2.45, 2.75) is 0 Å². The van der Waals surface area contributed by atoms with Crippen molar-refractivity contribution in [2.75, 3.05) is 26.2 Å². The Kier molecular flexibility index (Phi) is 5.30. The molecule has 1 amide bonds. The van der Waals surface area contributed by atoms with E-state index in [1.165, 1.54) is 12.1 Å². The highest BCUT2D eigenvalue weighted by Gasteiger charge is 2.19. The minimum Gasteiger partial charge on any atom is -0.457 e. The first kappa shape index (κ1) is 18.1. The van der Waals surface area contributed by atoms with Crippen LogP contribution in [-0.2, 0) is 0 Å². The Morgan fingerprint density at radius 3 is 2.25 bits per heavy atom. The van der Waals surface area contributed by atoms with Crippen molar-refractivity contribution in [1.29, 1.82) is 0 Å². The molecule has 1 saturated heterocycles. The molecule has 1 aliphatic rings. The highest BCUT2D eigenvalue weighted by molar-refractivity contribution is 5.93. The molecule has 1 aliphatic heterocycles. The molecule has 2 aromatic carbocycles. The fraction of sp³-hybridized carbons (Fsp3) is 0.182. The molecule has 3 aromatic rings. The van der Waals surface area contributed by atoms with Crippen LogP contribution >= 0.6 is 0 Å². The van der Waals surface area contributed by atoms with E-state index < -0.39 is 0 Å². The third kappa shape index (κ3) is 4.18. The van der Waals surface area contributed by atoms with E-state index in [0.717, 1.165) is 24.3 Å². The van der Waals surface area contributed by atoms with Crippen LogP contribution < -0.4 is 10.1 Å². The summed E-state index contributed by atoms with van der Waals surface area (Å²) < 4.78 is 18.7. The Morgan fingerprint density at radius 2 is 1.57 bits per heavy atom. The van der Waals surface area contributed by atoms with Gasteiger partial charge in [-0.05, 0) is 60.7 Å². The number of hydrogen-bond donors (Lipinski definition) is 1. The summed E-state index contributed by atoms with van der Waals surface area (Å²) in [4.78, 5) is 19.0. The first-order valence-electron chi connectivity index (χ1n) is 9.20. The molecule has 0 bridgehead atoms. The van der Waals surface area contributed by atoms with Crippen LogP contribution in [0.25, 0.3) is 11.3 Å². The molecule has 0 spiro atoms. The van der Waals surface area contributed by atoms with Crippen LogP contribution in [0, 0.1) is 5.82 Å². The summed E-state index contributed by atoms with van der Waals surface area (Å²) >= 11 is 0. The molecule has 4 rings (SSSR count). The number of carbonyl (C=O) groups is 1. The van der Waals surface area contributed by atoms with Crippen molar-refractivity contribution in [1.82, 2.24) is 15.2 Å². The number of pyridine rings is 1. The lowest BCUT2D eigenvalue weighted by atomic mass is 10.1. The number of amides is 1. The number of nitrogens with one attached hydrogen (secondary N) is 1. The van der Waals surface area contributed by atoms with Gasteiger partial charge in [0.15, 0.2) is 0 Å². The van der Waals surface area contributed by atoms with Gasteiger partial charge >= 0.3 is 0 Å². The summed E-state index contributed by atoms with van der Waals surface area (Å²) in [5.41, 5.74) is 2.07. The van der Waals surface area contributed by atoms with Crippen molar-refractivity contribution in [3.8, 4) is 22.8 Å². The summed E-state index contributed by atoms with van der Waals surface area (Å²) in [7, 11) is 0. The Balaban J connectivity index is 1.49. The zero-order chi connectivity index (χ0) is 19.3. The van der Waals surface area contributed by atoms with Crippen molar-refractivity contribution in [2.24, 2.45) is 0 Å². The van der Waals surface area contributed by atoms with E-state index in [0.29, 0.717) is 30.3 Å². The molecule has 0 unspecified atom stereocenters. The van der Waals surface area contributed by atoms with Gasteiger partial charge in [0, 0.05) is 31.7 Å². The van der Waals surface area contributed by atoms with E-state index >= 15 is 0 Å². The standard InChI is InChI=1S/C22H20FN3O2/c23-17-6-10-19(11-7-17)28-18-8-4-16(5-9-18)20-2-1-3-21(25-20)22(27)26-14-12-24-13-15-26/h1-11,24H,12-15H2. The molecule has 1 aromatic heterocycles. The average Bonchev–Trinajstić information content (AvgIpc) is 2.76. The summed E-state index contributed by atoms with van der Waals surface area (Å²) in [6.45, 7) is 3.00. The van der Waals surface area contributed by atoms with Gasteiger partial charge in [0.25, 0.3) is 5.91 Å². The van der Waals surface area contributed by atoms with E-state index in [9.17, 15) is 9.18 Å². The smallest absolute Gasteiger partial charge is 0.272 e. The van der Waals surface area contributed by atoms with Gasteiger partial charge in [-0.2, -0.15) is 0 Å². The number of nitrogens with zero attached hydrogens (tertiary/aromatic N) is 2. The zero-order valence-electron chi connectivity index (χ0n) is 15.3. The average molecular weight is 377 g/mol. The van der Waals surface area contributed by atoms with Crippen LogP contribution in [0.5, 0.6) is 11.5 Å². The van der Waals surface area contributed by atoms with Crippen LogP contribution in [0.1, 0.15) is 10.5 Å². The minimum absolute atomic E-state index is 0.0420. The highest BCUT2D eigenvalue weighted by atomic mass is 19.1. The highest BCUT2D eigenvalue weighted by Crippen LogP contribution is 2.25. The maximum Gasteiger partial charge on any atom is 0.272 e. The van der Waals surface area contributed by atoms with Gasteiger partial charge in [-0.3, -0.25) is 4.79 Å².